The number of hydrogen-bond donors (Lipinski definition) is 1. The fraction of sp³-hybridized carbons (Fsp3) is 0. The molecule has 2 aromatic carbocycles. The number of para-hydroxylation sites is 1. The number of carbonyl (C=O) groups is 1. The van der Waals surface area contributed by atoms with E-state index in [-0.39, 0.29) is 5.56 Å². The van der Waals surface area contributed by atoms with Gasteiger partial charge in [-0.15, -0.1) is 0 Å². The molecular weight excluding hydrogens is 238 g/mol. The Morgan fingerprint density at radius 3 is 2.58 bits per heavy atom. The van der Waals surface area contributed by atoms with Gasteiger partial charge in [0, 0.05) is 16.6 Å². The number of rotatable bonds is 1. The van der Waals surface area contributed by atoms with Crippen LogP contribution < -0.4 is 21.0 Å². The van der Waals surface area contributed by atoms with Crippen LogP contribution in [0.5, 0.6) is 0 Å². The van der Waals surface area contributed by atoms with Gasteiger partial charge in [0.15, 0.2) is 0 Å². The number of aromatic carboxylic acids is 1. The Labute approximate surface area is 109 Å². The average Bonchev–Trinajstić information content (AvgIpc) is 2.41. The van der Waals surface area contributed by atoms with Crippen LogP contribution in [0.3, 0.4) is 0 Å². The lowest BCUT2D eigenvalue weighted by Gasteiger charge is -1.97. The van der Waals surface area contributed by atoms with Crippen molar-refractivity contribution in [1.82, 2.24) is 0 Å². The summed E-state index contributed by atoms with van der Waals surface area (Å²) in [6, 6.07) is 12.9. The summed E-state index contributed by atoms with van der Waals surface area (Å²) >= 11 is 0. The third-order valence-corrected chi connectivity index (χ3v) is 3.06. The molecule has 0 amide bonds. The first-order chi connectivity index (χ1) is 9.24. The molecule has 0 aliphatic carbocycles. The molecule has 3 rings (SSSR count). The van der Waals surface area contributed by atoms with E-state index >= 15 is 0 Å². The number of hydrogen-bond acceptors (Lipinski definition) is 2. The number of nitrogens with zero attached hydrogens (tertiary/aromatic N) is 1. The van der Waals surface area contributed by atoms with Gasteiger partial charge in [-0.25, -0.2) is 4.79 Å². The quantitative estimate of drug-likeness (QED) is 0.774. The van der Waals surface area contributed by atoms with Gasteiger partial charge >= 0.3 is 5.97 Å². The minimum atomic E-state index is -0.921. The maximum absolute atomic E-state index is 11.0. The van der Waals surface area contributed by atoms with Crippen LogP contribution in [0.2, 0.25) is 0 Å². The maximum atomic E-state index is 11.0. The van der Waals surface area contributed by atoms with Crippen LogP contribution in [-0.2, 0) is 0 Å². The topological polar surface area (TPSA) is 49.7 Å². The van der Waals surface area contributed by atoms with Crippen molar-refractivity contribution in [3.05, 3.63) is 69.0 Å². The van der Waals surface area contributed by atoms with Gasteiger partial charge in [0.05, 0.1) is 10.9 Å². The lowest BCUT2D eigenvalue weighted by molar-refractivity contribution is 0.0697. The Kier molecular flexibility index (Phi) is 2.72. The van der Waals surface area contributed by atoms with Crippen molar-refractivity contribution < 1.29 is 9.90 Å². The fourth-order valence-corrected chi connectivity index (χ4v) is 2.03. The van der Waals surface area contributed by atoms with Gasteiger partial charge in [0.2, 0.25) is 0 Å². The Balaban J connectivity index is 2.34. The van der Waals surface area contributed by atoms with E-state index in [0.717, 1.165) is 21.0 Å². The molecule has 0 aromatic heterocycles. The fourth-order valence-electron chi connectivity index (χ4n) is 2.03. The lowest BCUT2D eigenvalue weighted by Crippen LogP contribution is -2.30. The van der Waals surface area contributed by atoms with Crippen LogP contribution in [0.15, 0.2) is 47.5 Å². The van der Waals surface area contributed by atoms with Crippen LogP contribution >= 0.6 is 0 Å². The van der Waals surface area contributed by atoms with Crippen LogP contribution in [0.1, 0.15) is 10.4 Å². The zero-order valence-corrected chi connectivity index (χ0v) is 10.1. The van der Waals surface area contributed by atoms with Gasteiger partial charge in [0.1, 0.15) is 0 Å². The Bertz CT molecular complexity index is 895. The van der Waals surface area contributed by atoms with Gasteiger partial charge in [-0.05, 0) is 23.4 Å². The van der Waals surface area contributed by atoms with E-state index in [1.807, 2.05) is 36.4 Å². The number of carboxylic acid groups (broad SMARTS) is 1. The van der Waals surface area contributed by atoms with Crippen molar-refractivity contribution in [3.8, 4) is 0 Å². The summed E-state index contributed by atoms with van der Waals surface area (Å²) < 4.78 is 0. The van der Waals surface area contributed by atoms with E-state index in [1.54, 1.807) is 24.4 Å². The molecule has 0 fully saturated rings. The van der Waals surface area contributed by atoms with Crippen LogP contribution in [0, 0.1) is 0 Å². The van der Waals surface area contributed by atoms with Gasteiger partial charge in [-0.2, -0.15) is 0 Å². The average molecular weight is 249 g/mol. The minimum Gasteiger partial charge on any atom is -0.478 e. The highest BCUT2D eigenvalue weighted by atomic mass is 16.4. The Morgan fingerprint density at radius 2 is 1.74 bits per heavy atom. The molecule has 1 aliphatic heterocycles. The van der Waals surface area contributed by atoms with Crippen molar-refractivity contribution in [3.63, 3.8) is 0 Å². The normalized spacial score (nSPS) is 19.4. The molecule has 19 heavy (non-hydrogen) atoms. The van der Waals surface area contributed by atoms with Crippen LogP contribution in [0.25, 0.3) is 18.4 Å². The highest BCUT2D eigenvalue weighted by molar-refractivity contribution is 5.87. The molecule has 0 saturated heterocycles. The van der Waals surface area contributed by atoms with E-state index in [0.29, 0.717) is 0 Å². The highest BCUT2D eigenvalue weighted by Gasteiger charge is 2.01. The molecule has 0 bridgehead atoms. The smallest absolute Gasteiger partial charge is 0.335 e. The van der Waals surface area contributed by atoms with E-state index in [9.17, 15) is 4.79 Å². The third-order valence-electron chi connectivity index (χ3n) is 3.06. The SMILES string of the molecule is O=C(O)c1ccc2/c(c1)=C\C=c1\cccc\c1=N\C=2. The monoisotopic (exact) mass is 249 g/mol. The molecule has 1 aliphatic rings. The molecule has 3 nitrogen and oxygen atoms in total. The van der Waals surface area contributed by atoms with Gasteiger partial charge in [-0.3, -0.25) is 4.99 Å². The molecule has 0 atom stereocenters. The Hall–Kier alpha value is -2.68. The van der Waals surface area contributed by atoms with Crippen molar-refractivity contribution in [2.24, 2.45) is 4.99 Å². The summed E-state index contributed by atoms with van der Waals surface area (Å²) in [4.78, 5) is 15.4. The predicted molar refractivity (Wildman–Crippen MR) is 73.3 cm³/mol. The Morgan fingerprint density at radius 1 is 0.947 bits per heavy atom. The van der Waals surface area contributed by atoms with Crippen LogP contribution in [-0.4, -0.2) is 11.1 Å². The van der Waals surface area contributed by atoms with Crippen molar-refractivity contribution in [2.45, 2.75) is 0 Å². The van der Waals surface area contributed by atoms with Crippen molar-refractivity contribution in [1.29, 1.82) is 0 Å². The summed E-state index contributed by atoms with van der Waals surface area (Å²) in [7, 11) is 0. The molecular formula is C16H11NO2. The summed E-state index contributed by atoms with van der Waals surface area (Å²) in [6.45, 7) is 0. The first kappa shape index (κ1) is 11.4. The zero-order chi connectivity index (χ0) is 13.2. The van der Waals surface area contributed by atoms with Crippen molar-refractivity contribution >= 4 is 24.3 Å². The van der Waals surface area contributed by atoms with E-state index in [4.69, 9.17) is 5.11 Å². The first-order valence-corrected chi connectivity index (χ1v) is 5.92. The molecule has 3 heteroatoms. The van der Waals surface area contributed by atoms with E-state index < -0.39 is 5.97 Å². The summed E-state index contributed by atoms with van der Waals surface area (Å²) in [5.74, 6) is -0.921. The van der Waals surface area contributed by atoms with E-state index in [1.165, 1.54) is 0 Å². The summed E-state index contributed by atoms with van der Waals surface area (Å²) in [5.41, 5.74) is 0.283. The predicted octanol–water partition coefficient (Wildman–Crippen LogP) is 0.0172. The van der Waals surface area contributed by atoms with Gasteiger partial charge in [-0.1, -0.05) is 36.4 Å². The number of benzene rings is 2. The standard InChI is InChI=1S/C16H11NO2/c18-16(19)13-7-8-14-10-17-15-4-2-1-3-11(15)5-6-12(14)9-13/h1-10H,(H,18,19)/b6-5?,11-5-,12-6-,14-10-,17-10?,17-15-. The van der Waals surface area contributed by atoms with E-state index in [2.05, 4.69) is 4.99 Å². The second-order valence-corrected chi connectivity index (χ2v) is 4.30. The first-order valence-electron chi connectivity index (χ1n) is 5.92. The molecule has 0 saturated carbocycles. The second kappa shape index (κ2) is 4.53. The van der Waals surface area contributed by atoms with Gasteiger partial charge < -0.3 is 5.11 Å². The highest BCUT2D eigenvalue weighted by Crippen LogP contribution is 1.92. The lowest BCUT2D eigenvalue weighted by atomic mass is 10.1. The summed E-state index contributed by atoms with van der Waals surface area (Å²) in [6.07, 6.45) is 5.64. The summed E-state index contributed by atoms with van der Waals surface area (Å²) in [5, 5.41) is 12.7. The molecule has 0 radical (unpaired) electrons. The second-order valence-electron chi connectivity index (χ2n) is 4.30. The molecule has 92 valence electrons. The number of fused-ring (bicyclic) bond motifs is 2. The largest absolute Gasteiger partial charge is 0.478 e. The van der Waals surface area contributed by atoms with Crippen molar-refractivity contribution in [2.75, 3.05) is 0 Å². The molecule has 1 heterocycles. The molecule has 2 aromatic rings. The molecule has 0 spiro atoms. The minimum absolute atomic E-state index is 0.283. The molecule has 1 N–H and O–H groups in total. The maximum Gasteiger partial charge on any atom is 0.335 e. The number of carboxylic acids is 1. The van der Waals surface area contributed by atoms with Crippen LogP contribution in [0.4, 0.5) is 0 Å². The van der Waals surface area contributed by atoms with Gasteiger partial charge in [0.25, 0.3) is 0 Å². The molecule has 0 unspecified atom stereocenters. The zero-order valence-electron chi connectivity index (χ0n) is 10.1. The third kappa shape index (κ3) is 2.18.